The molecule has 0 bridgehead atoms. The third-order valence-corrected chi connectivity index (χ3v) is 5.16. The number of benzene rings is 1. The zero-order chi connectivity index (χ0) is 19.7. The van der Waals surface area contributed by atoms with E-state index >= 15 is 0 Å². The molecule has 0 aliphatic carbocycles. The number of halogens is 3. The van der Waals surface area contributed by atoms with Crippen molar-refractivity contribution in [1.29, 1.82) is 0 Å². The number of aromatic nitrogens is 3. The fraction of sp³-hybridized carbons (Fsp3) is 0.176. The minimum Gasteiger partial charge on any atom is -0.276 e. The van der Waals surface area contributed by atoms with Crippen LogP contribution >= 0.6 is 0 Å². The third-order valence-electron chi connectivity index (χ3n) is 3.78. The van der Waals surface area contributed by atoms with Gasteiger partial charge in [0.2, 0.25) is 0 Å². The first-order chi connectivity index (χ1) is 12.6. The van der Waals surface area contributed by atoms with Crippen molar-refractivity contribution in [2.45, 2.75) is 24.5 Å². The van der Waals surface area contributed by atoms with Crippen LogP contribution in [0.1, 0.15) is 16.7 Å². The Morgan fingerprint density at radius 2 is 1.96 bits per heavy atom. The molecule has 2 heterocycles. The van der Waals surface area contributed by atoms with Crippen LogP contribution in [0.4, 0.5) is 18.9 Å². The number of hydrogen-bond donors (Lipinski definition) is 1. The van der Waals surface area contributed by atoms with E-state index in [-0.39, 0.29) is 11.3 Å². The SMILES string of the molecule is Cc1ccc(S(=O)(=O)Nc2cnn(Cc3cccnc3)c2)cc1C(F)(F)F. The lowest BCUT2D eigenvalue weighted by atomic mass is 10.1. The van der Waals surface area contributed by atoms with Gasteiger partial charge in [-0.15, -0.1) is 0 Å². The predicted octanol–water partition coefficient (Wildman–Crippen LogP) is 3.45. The molecule has 2 aromatic heterocycles. The van der Waals surface area contributed by atoms with Crippen LogP contribution in [0.15, 0.2) is 60.0 Å². The maximum atomic E-state index is 13.0. The van der Waals surface area contributed by atoms with E-state index in [2.05, 4.69) is 14.8 Å². The smallest absolute Gasteiger partial charge is 0.276 e. The Labute approximate surface area is 153 Å². The highest BCUT2D eigenvalue weighted by atomic mass is 32.2. The fourth-order valence-electron chi connectivity index (χ4n) is 2.47. The highest BCUT2D eigenvalue weighted by Crippen LogP contribution is 2.33. The van der Waals surface area contributed by atoms with Gasteiger partial charge in [0.05, 0.1) is 28.9 Å². The second-order valence-corrected chi connectivity index (χ2v) is 7.55. The summed E-state index contributed by atoms with van der Waals surface area (Å²) in [5, 5.41) is 4.04. The lowest BCUT2D eigenvalue weighted by molar-refractivity contribution is -0.138. The summed E-state index contributed by atoms with van der Waals surface area (Å²) in [7, 11) is -4.19. The zero-order valence-corrected chi connectivity index (χ0v) is 14.9. The Hall–Kier alpha value is -2.88. The first-order valence-corrected chi connectivity index (χ1v) is 9.25. The summed E-state index contributed by atoms with van der Waals surface area (Å²) < 4.78 is 67.7. The summed E-state index contributed by atoms with van der Waals surface area (Å²) >= 11 is 0. The van der Waals surface area contributed by atoms with Crippen LogP contribution in [-0.4, -0.2) is 23.2 Å². The van der Waals surface area contributed by atoms with Gasteiger partial charge in [-0.1, -0.05) is 12.1 Å². The van der Waals surface area contributed by atoms with Crippen LogP contribution in [0.25, 0.3) is 0 Å². The third kappa shape index (κ3) is 4.45. The minimum absolute atomic E-state index is 0.0502. The molecule has 0 amide bonds. The van der Waals surface area contributed by atoms with Crippen molar-refractivity contribution in [2.75, 3.05) is 4.72 Å². The Bertz CT molecular complexity index is 1050. The number of hydrogen-bond acceptors (Lipinski definition) is 4. The lowest BCUT2D eigenvalue weighted by Crippen LogP contribution is -2.15. The van der Waals surface area contributed by atoms with E-state index in [9.17, 15) is 21.6 Å². The maximum absolute atomic E-state index is 13.0. The van der Waals surface area contributed by atoms with Crippen LogP contribution < -0.4 is 4.72 Å². The number of aryl methyl sites for hydroxylation is 1. The average molecular weight is 396 g/mol. The number of pyridine rings is 1. The van der Waals surface area contributed by atoms with Gasteiger partial charge in [-0.2, -0.15) is 18.3 Å². The van der Waals surface area contributed by atoms with Crippen LogP contribution in [-0.2, 0) is 22.7 Å². The van der Waals surface area contributed by atoms with Gasteiger partial charge >= 0.3 is 6.18 Å². The minimum atomic E-state index is -4.63. The van der Waals surface area contributed by atoms with Gasteiger partial charge in [-0.3, -0.25) is 14.4 Å². The van der Waals surface area contributed by atoms with Gasteiger partial charge in [-0.25, -0.2) is 8.42 Å². The molecule has 0 radical (unpaired) electrons. The van der Waals surface area contributed by atoms with E-state index in [1.807, 2.05) is 6.07 Å². The van der Waals surface area contributed by atoms with Gasteiger partial charge in [0.25, 0.3) is 10.0 Å². The lowest BCUT2D eigenvalue weighted by Gasteiger charge is -2.12. The van der Waals surface area contributed by atoms with Crippen molar-refractivity contribution in [2.24, 2.45) is 0 Å². The van der Waals surface area contributed by atoms with Crippen LogP contribution in [0.2, 0.25) is 0 Å². The second kappa shape index (κ2) is 7.03. The molecule has 3 rings (SSSR count). The van der Waals surface area contributed by atoms with Crippen molar-refractivity contribution in [1.82, 2.24) is 14.8 Å². The quantitative estimate of drug-likeness (QED) is 0.717. The van der Waals surface area contributed by atoms with E-state index in [1.54, 1.807) is 18.5 Å². The predicted molar refractivity (Wildman–Crippen MR) is 92.6 cm³/mol. The Kier molecular flexibility index (Phi) is 4.92. The molecule has 0 aliphatic heterocycles. The number of sulfonamides is 1. The largest absolute Gasteiger partial charge is 0.416 e. The van der Waals surface area contributed by atoms with Gasteiger partial charge < -0.3 is 0 Å². The summed E-state index contributed by atoms with van der Waals surface area (Å²) in [5.74, 6) is 0. The van der Waals surface area contributed by atoms with Gasteiger partial charge in [-0.05, 0) is 36.2 Å². The van der Waals surface area contributed by atoms with Gasteiger partial charge in [0, 0.05) is 18.6 Å². The molecule has 1 aromatic carbocycles. The normalized spacial score (nSPS) is 12.1. The highest BCUT2D eigenvalue weighted by Gasteiger charge is 2.33. The van der Waals surface area contributed by atoms with Crippen molar-refractivity contribution >= 4 is 15.7 Å². The molecule has 1 N–H and O–H groups in total. The molecular formula is C17H15F3N4O2S. The molecular weight excluding hydrogens is 381 g/mol. The molecule has 0 aliphatic rings. The summed E-state index contributed by atoms with van der Waals surface area (Å²) in [4.78, 5) is 3.51. The monoisotopic (exact) mass is 396 g/mol. The topological polar surface area (TPSA) is 76.9 Å². The summed E-state index contributed by atoms with van der Waals surface area (Å²) in [5.41, 5.74) is -0.0280. The molecule has 0 fully saturated rings. The summed E-state index contributed by atoms with van der Waals surface area (Å²) in [6.07, 6.45) is 1.37. The molecule has 142 valence electrons. The van der Waals surface area contributed by atoms with Crippen molar-refractivity contribution < 1.29 is 21.6 Å². The van der Waals surface area contributed by atoms with Crippen LogP contribution in [0, 0.1) is 6.92 Å². The molecule has 10 heteroatoms. The van der Waals surface area contributed by atoms with E-state index < -0.39 is 26.7 Å². The first-order valence-electron chi connectivity index (χ1n) is 7.77. The first kappa shape index (κ1) is 18.9. The molecule has 0 saturated carbocycles. The van der Waals surface area contributed by atoms with Crippen molar-refractivity contribution in [3.63, 3.8) is 0 Å². The van der Waals surface area contributed by atoms with Crippen molar-refractivity contribution in [3.8, 4) is 0 Å². The van der Waals surface area contributed by atoms with E-state index in [4.69, 9.17) is 0 Å². The van der Waals surface area contributed by atoms with E-state index in [0.717, 1.165) is 17.7 Å². The Morgan fingerprint density at radius 3 is 2.63 bits per heavy atom. The number of rotatable bonds is 5. The number of anilines is 1. The van der Waals surface area contributed by atoms with E-state index in [0.29, 0.717) is 12.6 Å². The summed E-state index contributed by atoms with van der Waals surface area (Å²) in [6, 6.07) is 6.48. The zero-order valence-electron chi connectivity index (χ0n) is 14.1. The molecule has 27 heavy (non-hydrogen) atoms. The number of nitrogens with zero attached hydrogens (tertiary/aromatic N) is 3. The maximum Gasteiger partial charge on any atom is 0.416 e. The van der Waals surface area contributed by atoms with Crippen LogP contribution in [0.3, 0.4) is 0 Å². The number of nitrogens with one attached hydrogen (secondary N) is 1. The van der Waals surface area contributed by atoms with Crippen LogP contribution in [0.5, 0.6) is 0 Å². The van der Waals surface area contributed by atoms with Crippen molar-refractivity contribution in [3.05, 3.63) is 71.8 Å². The highest BCUT2D eigenvalue weighted by molar-refractivity contribution is 7.92. The molecule has 0 atom stereocenters. The van der Waals surface area contributed by atoms with E-state index in [1.165, 1.54) is 24.0 Å². The standard InChI is InChI=1S/C17H15F3N4O2S/c1-12-4-5-15(7-16(12)17(18,19)20)27(25,26)23-14-9-22-24(11-14)10-13-3-2-6-21-8-13/h2-9,11,23H,10H2,1H3. The Balaban J connectivity index is 1.81. The Morgan fingerprint density at radius 1 is 1.19 bits per heavy atom. The molecule has 0 saturated heterocycles. The summed E-state index contributed by atoms with van der Waals surface area (Å²) in [6.45, 7) is 1.65. The fourth-order valence-corrected chi connectivity index (χ4v) is 3.52. The molecule has 0 unspecified atom stereocenters. The van der Waals surface area contributed by atoms with Gasteiger partial charge in [0.15, 0.2) is 0 Å². The molecule has 6 nitrogen and oxygen atoms in total. The molecule has 3 aromatic rings. The van der Waals surface area contributed by atoms with Gasteiger partial charge in [0.1, 0.15) is 0 Å². The number of alkyl halides is 3. The molecule has 0 spiro atoms. The average Bonchev–Trinajstić information content (AvgIpc) is 3.01. The second-order valence-electron chi connectivity index (χ2n) is 5.87.